The summed E-state index contributed by atoms with van der Waals surface area (Å²) < 4.78 is 0. The van der Waals surface area contributed by atoms with Crippen LogP contribution in [0.4, 0.5) is 34.1 Å². The first-order chi connectivity index (χ1) is 24.7. The maximum atomic E-state index is 14.1. The van der Waals surface area contributed by atoms with Gasteiger partial charge in [0.05, 0.1) is 11.4 Å². The Bertz CT molecular complexity index is 2020. The highest BCUT2D eigenvalue weighted by atomic mass is 16.8. The van der Waals surface area contributed by atoms with Crippen molar-refractivity contribution in [1.82, 2.24) is 0 Å². The van der Waals surface area contributed by atoms with Gasteiger partial charge in [-0.25, -0.2) is 0 Å². The fourth-order valence-electron chi connectivity index (χ4n) is 5.01. The SMILES string of the molecule is Nc1cccc(NC(=O)c2ccc(C(=O)N(ON(C(=O)c3ccc(C(=O)Nc4cccc(N)c4)cc3)c3ccccc3)c3ccccc3)cc2)c1. The van der Waals surface area contributed by atoms with Crippen molar-refractivity contribution in [3.8, 4) is 0 Å². The predicted molar refractivity (Wildman–Crippen MR) is 198 cm³/mol. The van der Waals surface area contributed by atoms with E-state index in [0.29, 0.717) is 45.3 Å². The summed E-state index contributed by atoms with van der Waals surface area (Å²) in [4.78, 5) is 60.1. The number of rotatable bonds is 10. The highest BCUT2D eigenvalue weighted by Crippen LogP contribution is 2.25. The van der Waals surface area contributed by atoms with E-state index in [1.165, 1.54) is 48.5 Å². The zero-order chi connectivity index (χ0) is 35.7. The lowest BCUT2D eigenvalue weighted by Crippen LogP contribution is -2.42. The van der Waals surface area contributed by atoms with Crippen LogP contribution in [0.3, 0.4) is 0 Å². The normalized spacial score (nSPS) is 10.5. The van der Waals surface area contributed by atoms with Gasteiger partial charge in [-0.15, -0.1) is 4.94 Å². The largest absolute Gasteiger partial charge is 0.399 e. The molecular weight excluding hydrogens is 644 g/mol. The van der Waals surface area contributed by atoms with Gasteiger partial charge in [-0.05, 0) is 109 Å². The summed E-state index contributed by atoms with van der Waals surface area (Å²) in [6, 6.07) is 42.8. The van der Waals surface area contributed by atoms with Crippen LogP contribution in [0.2, 0.25) is 0 Å². The van der Waals surface area contributed by atoms with Gasteiger partial charge in [0.15, 0.2) is 0 Å². The van der Waals surface area contributed by atoms with Crippen molar-refractivity contribution >= 4 is 57.8 Å². The number of hydrogen-bond acceptors (Lipinski definition) is 7. The van der Waals surface area contributed by atoms with E-state index in [2.05, 4.69) is 10.6 Å². The molecule has 0 saturated heterocycles. The van der Waals surface area contributed by atoms with Crippen LogP contribution in [-0.2, 0) is 4.94 Å². The molecule has 0 bridgehead atoms. The molecule has 0 aromatic heterocycles. The number of nitrogens with two attached hydrogens (primary N) is 2. The maximum Gasteiger partial charge on any atom is 0.284 e. The number of para-hydroxylation sites is 2. The van der Waals surface area contributed by atoms with Crippen LogP contribution < -0.4 is 32.2 Å². The number of benzene rings is 6. The minimum Gasteiger partial charge on any atom is -0.399 e. The number of carbonyl (C=O) groups excluding carboxylic acids is 4. The van der Waals surface area contributed by atoms with Gasteiger partial charge in [-0.2, -0.15) is 10.1 Å². The summed E-state index contributed by atoms with van der Waals surface area (Å²) in [6.07, 6.45) is 0. The summed E-state index contributed by atoms with van der Waals surface area (Å²) in [6.45, 7) is 0. The zero-order valence-electron chi connectivity index (χ0n) is 27.1. The number of carbonyl (C=O) groups is 4. The van der Waals surface area contributed by atoms with E-state index in [4.69, 9.17) is 16.4 Å². The molecule has 0 aliphatic carbocycles. The molecule has 0 atom stereocenters. The van der Waals surface area contributed by atoms with Crippen molar-refractivity contribution < 1.29 is 24.1 Å². The van der Waals surface area contributed by atoms with E-state index in [0.717, 1.165) is 10.1 Å². The van der Waals surface area contributed by atoms with Crippen molar-refractivity contribution in [2.45, 2.75) is 0 Å². The lowest BCUT2D eigenvalue weighted by Gasteiger charge is -2.29. The Balaban J connectivity index is 1.25. The maximum absolute atomic E-state index is 14.1. The molecule has 0 saturated carbocycles. The Morgan fingerprint density at radius 1 is 0.431 bits per heavy atom. The Hall–Kier alpha value is -7.24. The highest BCUT2D eigenvalue weighted by Gasteiger charge is 2.28. The van der Waals surface area contributed by atoms with Gasteiger partial charge in [0.1, 0.15) is 0 Å². The summed E-state index contributed by atoms with van der Waals surface area (Å²) in [5, 5.41) is 7.56. The third-order valence-electron chi connectivity index (χ3n) is 7.59. The van der Waals surface area contributed by atoms with Crippen LogP contribution in [0, 0.1) is 0 Å². The summed E-state index contributed by atoms with van der Waals surface area (Å²) >= 11 is 0. The predicted octanol–water partition coefficient (Wildman–Crippen LogP) is 7.20. The number of hydroxylamine groups is 2. The first-order valence-electron chi connectivity index (χ1n) is 15.8. The van der Waals surface area contributed by atoms with Crippen LogP contribution in [0.15, 0.2) is 158 Å². The molecule has 0 heterocycles. The van der Waals surface area contributed by atoms with Gasteiger partial charge in [0.2, 0.25) is 0 Å². The number of nitrogen functional groups attached to an aromatic ring is 2. The van der Waals surface area contributed by atoms with E-state index < -0.39 is 11.8 Å². The molecule has 11 nitrogen and oxygen atoms in total. The van der Waals surface area contributed by atoms with Gasteiger partial charge in [0.25, 0.3) is 23.6 Å². The van der Waals surface area contributed by atoms with Crippen molar-refractivity contribution in [2.75, 3.05) is 32.2 Å². The lowest BCUT2D eigenvalue weighted by atomic mass is 10.1. The van der Waals surface area contributed by atoms with Gasteiger partial charge in [0, 0.05) is 45.0 Å². The monoisotopic (exact) mass is 676 g/mol. The van der Waals surface area contributed by atoms with Gasteiger partial charge in [-0.1, -0.05) is 48.5 Å². The summed E-state index contributed by atoms with van der Waals surface area (Å²) in [7, 11) is 0. The molecule has 252 valence electrons. The van der Waals surface area contributed by atoms with Crippen LogP contribution >= 0.6 is 0 Å². The van der Waals surface area contributed by atoms with Gasteiger partial charge >= 0.3 is 0 Å². The van der Waals surface area contributed by atoms with Gasteiger partial charge < -0.3 is 22.1 Å². The Kier molecular flexibility index (Phi) is 10.1. The Morgan fingerprint density at radius 3 is 1.14 bits per heavy atom. The Morgan fingerprint density at radius 2 is 0.784 bits per heavy atom. The quantitative estimate of drug-likeness (QED) is 0.0882. The standard InChI is InChI=1S/C40H32N6O5/c41-31-9-7-11-33(25-31)43-37(47)27-17-21-29(22-18-27)39(49)45(35-13-3-1-4-14-35)51-46(36-15-5-2-6-16-36)40(50)30-23-19-28(20-24-30)38(48)44-34-12-8-10-32(42)26-34/h1-26H,41-42H2,(H,43,47)(H,44,48). The van der Waals surface area contributed by atoms with E-state index in [-0.39, 0.29) is 22.9 Å². The molecular formula is C40H32N6O5. The minimum absolute atomic E-state index is 0.190. The van der Waals surface area contributed by atoms with Crippen molar-refractivity contribution in [1.29, 1.82) is 0 Å². The Labute approximate surface area is 293 Å². The first kappa shape index (κ1) is 33.7. The summed E-state index contributed by atoms with van der Waals surface area (Å²) in [5.74, 6) is -1.98. The zero-order valence-corrected chi connectivity index (χ0v) is 27.1. The fourth-order valence-corrected chi connectivity index (χ4v) is 5.01. The number of hydrogen-bond donors (Lipinski definition) is 4. The smallest absolute Gasteiger partial charge is 0.284 e. The average molecular weight is 677 g/mol. The molecule has 0 unspecified atom stereocenters. The molecule has 6 aromatic carbocycles. The van der Waals surface area contributed by atoms with Crippen LogP contribution in [0.5, 0.6) is 0 Å². The van der Waals surface area contributed by atoms with Gasteiger partial charge in [-0.3, -0.25) is 19.2 Å². The second-order valence-electron chi connectivity index (χ2n) is 11.3. The second-order valence-corrected chi connectivity index (χ2v) is 11.3. The number of anilines is 6. The van der Waals surface area contributed by atoms with Crippen molar-refractivity contribution in [2.24, 2.45) is 0 Å². The topological polar surface area (TPSA) is 160 Å². The van der Waals surface area contributed by atoms with E-state index in [9.17, 15) is 19.2 Å². The average Bonchev–Trinajstić information content (AvgIpc) is 3.15. The van der Waals surface area contributed by atoms with Crippen LogP contribution in [-0.4, -0.2) is 23.6 Å². The van der Waals surface area contributed by atoms with Crippen molar-refractivity contribution in [3.05, 3.63) is 180 Å². The molecule has 6 rings (SSSR count). The molecule has 6 N–H and O–H groups in total. The third-order valence-corrected chi connectivity index (χ3v) is 7.59. The number of nitrogens with zero attached hydrogens (tertiary/aromatic N) is 2. The number of nitrogens with one attached hydrogen (secondary N) is 2. The third kappa shape index (κ3) is 8.26. The molecule has 51 heavy (non-hydrogen) atoms. The van der Waals surface area contributed by atoms with E-state index in [1.807, 2.05) is 0 Å². The molecule has 0 fully saturated rings. The molecule has 11 heteroatoms. The lowest BCUT2D eigenvalue weighted by molar-refractivity contribution is 0.0476. The molecule has 4 amide bonds. The highest BCUT2D eigenvalue weighted by molar-refractivity contribution is 6.10. The molecule has 0 aliphatic heterocycles. The molecule has 0 spiro atoms. The number of amides is 4. The molecule has 6 aromatic rings. The van der Waals surface area contributed by atoms with Crippen molar-refractivity contribution in [3.63, 3.8) is 0 Å². The minimum atomic E-state index is -0.605. The molecule has 0 aliphatic rings. The molecule has 0 radical (unpaired) electrons. The van der Waals surface area contributed by atoms with Crippen LogP contribution in [0.1, 0.15) is 41.4 Å². The first-order valence-corrected chi connectivity index (χ1v) is 15.8. The second kappa shape index (κ2) is 15.3. The van der Waals surface area contributed by atoms with E-state index >= 15 is 0 Å². The fraction of sp³-hybridized carbons (Fsp3) is 0. The summed E-state index contributed by atoms with van der Waals surface area (Å²) in [5.41, 5.74) is 15.4. The van der Waals surface area contributed by atoms with E-state index in [1.54, 1.807) is 109 Å². The van der Waals surface area contributed by atoms with Crippen LogP contribution in [0.25, 0.3) is 0 Å².